The Hall–Kier alpha value is -3.13. The van der Waals surface area contributed by atoms with E-state index in [-0.39, 0.29) is 28.6 Å². The third kappa shape index (κ3) is 5.93. The highest BCUT2D eigenvalue weighted by molar-refractivity contribution is 7.90. The van der Waals surface area contributed by atoms with Gasteiger partial charge in [0.15, 0.2) is 0 Å². The van der Waals surface area contributed by atoms with Gasteiger partial charge >= 0.3 is 6.18 Å². The van der Waals surface area contributed by atoms with E-state index >= 15 is 0 Å². The van der Waals surface area contributed by atoms with Crippen molar-refractivity contribution < 1.29 is 26.4 Å². The maximum atomic E-state index is 12.6. The van der Waals surface area contributed by atoms with E-state index in [1.807, 2.05) is 19.1 Å². The van der Waals surface area contributed by atoms with Crippen molar-refractivity contribution in [2.75, 3.05) is 41.7 Å². The lowest BCUT2D eigenvalue weighted by molar-refractivity contribution is -0.115. The predicted molar refractivity (Wildman–Crippen MR) is 125 cm³/mol. The largest absolute Gasteiger partial charge is 0.405 e. The minimum absolute atomic E-state index is 0.0111. The molecule has 35 heavy (non-hydrogen) atoms. The summed E-state index contributed by atoms with van der Waals surface area (Å²) in [4.78, 5) is 21.5. The van der Waals surface area contributed by atoms with Gasteiger partial charge in [0.05, 0.1) is 10.8 Å². The maximum Gasteiger partial charge on any atom is 0.405 e. The number of piperazine rings is 1. The number of nitrogens with zero attached hydrogens (tertiary/aromatic N) is 4. The van der Waals surface area contributed by atoms with Crippen LogP contribution in [-0.4, -0.2) is 72.2 Å². The minimum Gasteiger partial charge on any atom is -0.366 e. The number of carbonyl (C=O) groups excluding carboxylic acids is 1. The first-order valence-corrected chi connectivity index (χ1v) is 12.5. The molecule has 1 unspecified atom stereocenters. The third-order valence-corrected chi connectivity index (χ3v) is 8.23. The minimum atomic E-state index is -4.51. The number of hydrogen-bond acceptors (Lipinski definition) is 8. The number of alkyl halides is 3. The van der Waals surface area contributed by atoms with Crippen LogP contribution in [0.15, 0.2) is 30.5 Å². The second kappa shape index (κ2) is 9.49. The van der Waals surface area contributed by atoms with Crippen LogP contribution in [0.5, 0.6) is 0 Å². The van der Waals surface area contributed by atoms with E-state index in [1.54, 1.807) is 16.4 Å². The predicted octanol–water partition coefficient (Wildman–Crippen LogP) is 2.30. The Morgan fingerprint density at radius 2 is 1.89 bits per heavy atom. The lowest BCUT2D eigenvalue weighted by atomic mass is 10.1. The van der Waals surface area contributed by atoms with Gasteiger partial charge in [0.1, 0.15) is 12.4 Å². The molecule has 1 aromatic heterocycles. The number of sulfonamides is 1. The van der Waals surface area contributed by atoms with Crippen molar-refractivity contribution in [2.45, 2.75) is 37.2 Å². The van der Waals surface area contributed by atoms with E-state index in [4.69, 9.17) is 5.73 Å². The first-order chi connectivity index (χ1) is 16.4. The standard InChI is InChI=1S/C21H26F3N7O3S/c1-13-11-30(35(33,34)16-6-7-16)8-9-31(13)15-4-2-14(3-5-15)28-20-26-10-17(18(25)32)19(29-20)27-12-21(22,23)24/h2-5,10,13,16H,6-9,11-12H2,1H3,(H2,25,32)(H2,26,27,28,29). The van der Waals surface area contributed by atoms with Crippen molar-refractivity contribution in [2.24, 2.45) is 5.73 Å². The number of nitrogens with one attached hydrogen (secondary N) is 2. The quantitative estimate of drug-likeness (QED) is 0.490. The van der Waals surface area contributed by atoms with Crippen molar-refractivity contribution in [1.29, 1.82) is 0 Å². The van der Waals surface area contributed by atoms with Crippen molar-refractivity contribution in [1.82, 2.24) is 14.3 Å². The Kier molecular flexibility index (Phi) is 6.77. The van der Waals surface area contributed by atoms with Gasteiger partial charge in [-0.25, -0.2) is 13.4 Å². The number of carbonyl (C=O) groups is 1. The molecule has 14 heteroatoms. The zero-order chi connectivity index (χ0) is 25.4. The topological polar surface area (TPSA) is 134 Å². The first-order valence-electron chi connectivity index (χ1n) is 11.0. The number of nitrogens with two attached hydrogens (primary N) is 1. The van der Waals surface area contributed by atoms with Gasteiger partial charge in [0.2, 0.25) is 16.0 Å². The molecule has 1 aliphatic carbocycles. The molecular formula is C21H26F3N7O3S. The number of rotatable bonds is 8. The maximum absolute atomic E-state index is 12.6. The highest BCUT2D eigenvalue weighted by atomic mass is 32.2. The monoisotopic (exact) mass is 513 g/mol. The lowest BCUT2D eigenvalue weighted by Gasteiger charge is -2.40. The summed E-state index contributed by atoms with van der Waals surface area (Å²) in [5, 5.41) is 4.74. The lowest BCUT2D eigenvalue weighted by Crippen LogP contribution is -2.54. The molecule has 2 heterocycles. The third-order valence-electron chi connectivity index (χ3n) is 5.86. The molecule has 0 radical (unpaired) electrons. The van der Waals surface area contributed by atoms with Gasteiger partial charge in [0.25, 0.3) is 5.91 Å². The fourth-order valence-electron chi connectivity index (χ4n) is 3.92. The van der Waals surface area contributed by atoms with Crippen LogP contribution >= 0.6 is 0 Å². The number of hydrogen-bond donors (Lipinski definition) is 3. The zero-order valence-electron chi connectivity index (χ0n) is 18.9. The Bertz CT molecular complexity index is 1190. The van der Waals surface area contributed by atoms with E-state index in [0.29, 0.717) is 25.3 Å². The SMILES string of the molecule is CC1CN(S(=O)(=O)C2CC2)CCN1c1ccc(Nc2ncc(C(N)=O)c(NCC(F)(F)F)n2)cc1. The van der Waals surface area contributed by atoms with Gasteiger partial charge in [0, 0.05) is 43.2 Å². The molecule has 0 spiro atoms. The van der Waals surface area contributed by atoms with Crippen molar-refractivity contribution >= 4 is 39.1 Å². The molecule has 1 aliphatic heterocycles. The van der Waals surface area contributed by atoms with Crippen LogP contribution in [0.1, 0.15) is 30.1 Å². The smallest absolute Gasteiger partial charge is 0.366 e. The number of anilines is 4. The van der Waals surface area contributed by atoms with Crippen molar-refractivity contribution in [3.05, 3.63) is 36.0 Å². The fraction of sp³-hybridized carbons (Fsp3) is 0.476. The molecule has 2 fully saturated rings. The summed E-state index contributed by atoms with van der Waals surface area (Å²) in [6.07, 6.45) is -1.98. The van der Waals surface area contributed by atoms with Gasteiger partial charge in [-0.1, -0.05) is 0 Å². The molecule has 10 nitrogen and oxygen atoms in total. The Morgan fingerprint density at radius 3 is 2.46 bits per heavy atom. The fourth-order valence-corrected chi connectivity index (χ4v) is 5.84. The molecule has 1 saturated carbocycles. The summed E-state index contributed by atoms with van der Waals surface area (Å²) >= 11 is 0. The van der Waals surface area contributed by atoms with E-state index < -0.39 is 28.7 Å². The molecule has 2 aliphatic rings. The summed E-state index contributed by atoms with van der Waals surface area (Å²) in [7, 11) is -3.21. The first kappa shape index (κ1) is 25.0. The summed E-state index contributed by atoms with van der Waals surface area (Å²) in [5.41, 5.74) is 6.43. The van der Waals surface area contributed by atoms with Crippen LogP contribution in [0.4, 0.5) is 36.3 Å². The van der Waals surface area contributed by atoms with Gasteiger partial charge in [-0.05, 0) is 44.0 Å². The van der Waals surface area contributed by atoms with Crippen LogP contribution < -0.4 is 21.3 Å². The number of benzene rings is 1. The van der Waals surface area contributed by atoms with Gasteiger partial charge in [-0.3, -0.25) is 4.79 Å². The highest BCUT2D eigenvalue weighted by Gasteiger charge is 2.42. The molecule has 190 valence electrons. The normalized spacial score (nSPS) is 19.4. The number of halogens is 3. The molecule has 1 amide bonds. The Labute approximate surface area is 200 Å². The average Bonchev–Trinajstić information content (AvgIpc) is 3.64. The molecule has 0 bridgehead atoms. The molecule has 4 N–H and O–H groups in total. The van der Waals surface area contributed by atoms with Crippen LogP contribution in [-0.2, 0) is 10.0 Å². The Morgan fingerprint density at radius 1 is 1.20 bits per heavy atom. The zero-order valence-corrected chi connectivity index (χ0v) is 19.7. The van der Waals surface area contributed by atoms with E-state index in [1.165, 1.54) is 0 Å². The molecule has 1 aromatic carbocycles. The van der Waals surface area contributed by atoms with Crippen LogP contribution in [0.25, 0.3) is 0 Å². The van der Waals surface area contributed by atoms with Crippen LogP contribution in [0, 0.1) is 0 Å². The highest BCUT2D eigenvalue weighted by Crippen LogP contribution is 2.33. The van der Waals surface area contributed by atoms with E-state index in [2.05, 4.69) is 25.5 Å². The second-order valence-corrected chi connectivity index (χ2v) is 10.8. The summed E-state index contributed by atoms with van der Waals surface area (Å²) in [6, 6.07) is 7.20. The number of amides is 1. The van der Waals surface area contributed by atoms with Gasteiger partial charge in [-0.2, -0.15) is 22.5 Å². The number of primary amides is 1. The second-order valence-electron chi connectivity index (χ2n) is 8.61. The van der Waals surface area contributed by atoms with Gasteiger partial charge in [-0.15, -0.1) is 0 Å². The van der Waals surface area contributed by atoms with Gasteiger partial charge < -0.3 is 21.3 Å². The summed E-state index contributed by atoms with van der Waals surface area (Å²) < 4.78 is 64.4. The van der Waals surface area contributed by atoms with E-state index in [9.17, 15) is 26.4 Å². The molecule has 1 atom stereocenters. The van der Waals surface area contributed by atoms with Crippen LogP contribution in [0.3, 0.4) is 0 Å². The average molecular weight is 514 g/mol. The van der Waals surface area contributed by atoms with Crippen molar-refractivity contribution in [3.8, 4) is 0 Å². The molecular weight excluding hydrogens is 487 g/mol. The molecule has 1 saturated heterocycles. The Balaban J connectivity index is 1.42. The summed E-state index contributed by atoms with van der Waals surface area (Å²) in [6.45, 7) is 2.01. The summed E-state index contributed by atoms with van der Waals surface area (Å²) in [5.74, 6) is -1.29. The molecule has 4 rings (SSSR count). The van der Waals surface area contributed by atoms with E-state index in [0.717, 1.165) is 24.7 Å². The molecule has 2 aromatic rings. The number of aromatic nitrogens is 2. The van der Waals surface area contributed by atoms with Crippen LogP contribution in [0.2, 0.25) is 0 Å². The van der Waals surface area contributed by atoms with Crippen molar-refractivity contribution in [3.63, 3.8) is 0 Å².